The molecule has 20 heavy (non-hydrogen) atoms. The molecular formula is C12H16ClN3O3S. The first-order valence-corrected chi connectivity index (χ1v) is 7.57. The number of nitrogens with zero attached hydrogens (tertiary/aromatic N) is 1. The summed E-state index contributed by atoms with van der Waals surface area (Å²) >= 11 is 7.51. The van der Waals surface area contributed by atoms with Crippen molar-refractivity contribution in [3.63, 3.8) is 0 Å². The number of carbonyl (C=O) groups excluding carboxylic acids is 1. The standard InChI is InChI=1S/C12H16ClN3O3S/c1-7(20-2)3-4-15-12(17)8-5-9(13)11(14)10(6-8)16(18)19/h5-7H,3-4,14H2,1-2H3,(H,15,17). The van der Waals surface area contributed by atoms with E-state index in [9.17, 15) is 14.9 Å². The Bertz CT molecular complexity index is 525. The minimum absolute atomic E-state index is 0.00170. The second-order valence-electron chi connectivity index (χ2n) is 4.24. The molecule has 110 valence electrons. The Balaban J connectivity index is 2.81. The van der Waals surface area contributed by atoms with Crippen LogP contribution in [0.4, 0.5) is 11.4 Å². The fourth-order valence-corrected chi connectivity index (χ4v) is 2.06. The molecular weight excluding hydrogens is 302 g/mol. The molecule has 0 bridgehead atoms. The van der Waals surface area contributed by atoms with Gasteiger partial charge in [-0.3, -0.25) is 14.9 Å². The number of thioether (sulfide) groups is 1. The van der Waals surface area contributed by atoms with Crippen LogP contribution in [-0.2, 0) is 0 Å². The van der Waals surface area contributed by atoms with Gasteiger partial charge in [0, 0.05) is 23.4 Å². The smallest absolute Gasteiger partial charge is 0.294 e. The van der Waals surface area contributed by atoms with Crippen molar-refractivity contribution < 1.29 is 9.72 Å². The number of hydrogen-bond acceptors (Lipinski definition) is 5. The van der Waals surface area contributed by atoms with Crippen molar-refractivity contribution in [2.24, 2.45) is 0 Å². The number of carbonyl (C=O) groups is 1. The van der Waals surface area contributed by atoms with Crippen LogP contribution >= 0.6 is 23.4 Å². The Hall–Kier alpha value is -1.47. The maximum Gasteiger partial charge on any atom is 0.294 e. The molecule has 1 aromatic rings. The molecule has 0 saturated heterocycles. The average molecular weight is 318 g/mol. The minimum Gasteiger partial charge on any atom is -0.392 e. The van der Waals surface area contributed by atoms with E-state index in [0.717, 1.165) is 12.5 Å². The highest BCUT2D eigenvalue weighted by Crippen LogP contribution is 2.30. The molecule has 0 aliphatic heterocycles. The van der Waals surface area contributed by atoms with Gasteiger partial charge in [-0.05, 0) is 18.7 Å². The van der Waals surface area contributed by atoms with Crippen molar-refractivity contribution in [3.05, 3.63) is 32.8 Å². The van der Waals surface area contributed by atoms with E-state index in [-0.39, 0.29) is 22.0 Å². The van der Waals surface area contributed by atoms with E-state index in [0.29, 0.717) is 11.8 Å². The highest BCUT2D eigenvalue weighted by molar-refractivity contribution is 7.99. The third kappa shape index (κ3) is 4.28. The quantitative estimate of drug-likeness (QED) is 0.477. The number of nitro benzene ring substituents is 1. The lowest BCUT2D eigenvalue weighted by molar-refractivity contribution is -0.383. The number of nitrogens with two attached hydrogens (primary N) is 1. The van der Waals surface area contributed by atoms with Crippen molar-refractivity contribution in [2.75, 3.05) is 18.5 Å². The lowest BCUT2D eigenvalue weighted by Gasteiger charge is -2.10. The molecule has 8 heteroatoms. The Morgan fingerprint density at radius 1 is 1.60 bits per heavy atom. The van der Waals surface area contributed by atoms with Gasteiger partial charge in [0.05, 0.1) is 9.95 Å². The van der Waals surface area contributed by atoms with E-state index in [1.807, 2.05) is 6.26 Å². The number of nitrogens with one attached hydrogen (secondary N) is 1. The zero-order valence-corrected chi connectivity index (χ0v) is 12.8. The van der Waals surface area contributed by atoms with Crippen LogP contribution in [0.1, 0.15) is 23.7 Å². The zero-order chi connectivity index (χ0) is 15.3. The van der Waals surface area contributed by atoms with Crippen molar-refractivity contribution in [3.8, 4) is 0 Å². The van der Waals surface area contributed by atoms with Crippen molar-refractivity contribution in [2.45, 2.75) is 18.6 Å². The Labute approximate surface area is 126 Å². The van der Waals surface area contributed by atoms with Gasteiger partial charge in [0.2, 0.25) is 0 Å². The average Bonchev–Trinajstić information content (AvgIpc) is 2.40. The van der Waals surface area contributed by atoms with Gasteiger partial charge in [0.1, 0.15) is 5.69 Å². The lowest BCUT2D eigenvalue weighted by atomic mass is 10.1. The first kappa shape index (κ1) is 16.6. The molecule has 1 atom stereocenters. The maximum atomic E-state index is 11.9. The molecule has 1 rings (SSSR count). The number of nitrogen functional groups attached to an aromatic ring is 1. The Kier molecular flexibility index (Phi) is 6.09. The van der Waals surface area contributed by atoms with Crippen LogP contribution in [0.3, 0.4) is 0 Å². The number of rotatable bonds is 6. The Morgan fingerprint density at radius 2 is 2.25 bits per heavy atom. The van der Waals surface area contributed by atoms with Gasteiger partial charge in [0.15, 0.2) is 0 Å². The SMILES string of the molecule is CSC(C)CCNC(=O)c1cc(Cl)c(N)c([N+](=O)[O-])c1. The molecule has 0 saturated carbocycles. The molecule has 0 aromatic heterocycles. The van der Waals surface area contributed by atoms with Gasteiger partial charge in [-0.2, -0.15) is 11.8 Å². The third-order valence-electron chi connectivity index (χ3n) is 2.81. The van der Waals surface area contributed by atoms with Crippen LogP contribution in [0.2, 0.25) is 5.02 Å². The predicted octanol–water partition coefficient (Wildman–Crippen LogP) is 2.70. The summed E-state index contributed by atoms with van der Waals surface area (Å²) in [5.41, 5.74) is 5.14. The second-order valence-corrected chi connectivity index (χ2v) is 5.92. The first-order valence-electron chi connectivity index (χ1n) is 5.91. The molecule has 0 spiro atoms. The van der Waals surface area contributed by atoms with E-state index in [1.54, 1.807) is 11.8 Å². The molecule has 0 heterocycles. The van der Waals surface area contributed by atoms with Crippen LogP contribution in [-0.4, -0.2) is 28.9 Å². The fraction of sp³-hybridized carbons (Fsp3) is 0.417. The molecule has 3 N–H and O–H groups in total. The van der Waals surface area contributed by atoms with Gasteiger partial charge in [-0.1, -0.05) is 18.5 Å². The van der Waals surface area contributed by atoms with Crippen molar-refractivity contribution >= 4 is 40.6 Å². The zero-order valence-electron chi connectivity index (χ0n) is 11.2. The molecule has 0 aliphatic carbocycles. The van der Waals surface area contributed by atoms with E-state index in [1.165, 1.54) is 6.07 Å². The molecule has 1 amide bonds. The summed E-state index contributed by atoms with van der Waals surface area (Å²) in [4.78, 5) is 22.1. The van der Waals surface area contributed by atoms with Crippen LogP contribution < -0.4 is 11.1 Å². The van der Waals surface area contributed by atoms with Gasteiger partial charge < -0.3 is 11.1 Å². The number of halogens is 1. The van der Waals surface area contributed by atoms with Gasteiger partial charge in [-0.25, -0.2) is 0 Å². The van der Waals surface area contributed by atoms with Gasteiger partial charge in [-0.15, -0.1) is 0 Å². The Morgan fingerprint density at radius 3 is 2.80 bits per heavy atom. The van der Waals surface area contributed by atoms with Gasteiger partial charge in [0.25, 0.3) is 11.6 Å². The lowest BCUT2D eigenvalue weighted by Crippen LogP contribution is -2.26. The number of hydrogen-bond donors (Lipinski definition) is 2. The minimum atomic E-state index is -0.659. The number of anilines is 1. The van der Waals surface area contributed by atoms with Crippen LogP contribution in [0.5, 0.6) is 0 Å². The summed E-state index contributed by atoms with van der Waals surface area (Å²) in [6.07, 6.45) is 2.81. The third-order valence-corrected chi connectivity index (χ3v) is 4.16. The summed E-state index contributed by atoms with van der Waals surface area (Å²) in [7, 11) is 0. The molecule has 1 aromatic carbocycles. The van der Waals surface area contributed by atoms with Crippen molar-refractivity contribution in [1.29, 1.82) is 0 Å². The normalized spacial score (nSPS) is 11.9. The molecule has 0 fully saturated rings. The van der Waals surface area contributed by atoms with E-state index in [2.05, 4.69) is 12.2 Å². The van der Waals surface area contributed by atoms with Crippen LogP contribution in [0.25, 0.3) is 0 Å². The van der Waals surface area contributed by atoms with E-state index in [4.69, 9.17) is 17.3 Å². The molecule has 0 radical (unpaired) electrons. The second kappa shape index (κ2) is 7.35. The van der Waals surface area contributed by atoms with E-state index >= 15 is 0 Å². The van der Waals surface area contributed by atoms with Gasteiger partial charge >= 0.3 is 0 Å². The van der Waals surface area contributed by atoms with Crippen LogP contribution in [0, 0.1) is 10.1 Å². The summed E-state index contributed by atoms with van der Waals surface area (Å²) in [5.74, 6) is -0.400. The monoisotopic (exact) mass is 317 g/mol. The molecule has 1 unspecified atom stereocenters. The highest BCUT2D eigenvalue weighted by atomic mass is 35.5. The molecule has 0 aliphatic rings. The molecule has 6 nitrogen and oxygen atoms in total. The number of benzene rings is 1. The summed E-state index contributed by atoms with van der Waals surface area (Å²) in [6.45, 7) is 2.55. The number of nitro groups is 1. The maximum absolute atomic E-state index is 11.9. The van der Waals surface area contributed by atoms with Crippen LogP contribution in [0.15, 0.2) is 12.1 Å². The summed E-state index contributed by atoms with van der Waals surface area (Å²) in [6, 6.07) is 2.46. The predicted molar refractivity (Wildman–Crippen MR) is 82.4 cm³/mol. The largest absolute Gasteiger partial charge is 0.392 e. The topological polar surface area (TPSA) is 98.3 Å². The first-order chi connectivity index (χ1) is 9.36. The van der Waals surface area contributed by atoms with Crippen molar-refractivity contribution in [1.82, 2.24) is 5.32 Å². The summed E-state index contributed by atoms with van der Waals surface area (Å²) < 4.78 is 0. The highest BCUT2D eigenvalue weighted by Gasteiger charge is 2.19. The van der Waals surface area contributed by atoms with E-state index < -0.39 is 10.8 Å². The summed E-state index contributed by atoms with van der Waals surface area (Å²) in [5, 5.41) is 14.0. The number of amides is 1. The fourth-order valence-electron chi connectivity index (χ4n) is 1.49.